The summed E-state index contributed by atoms with van der Waals surface area (Å²) in [5, 5.41) is 21.4. The lowest BCUT2D eigenvalue weighted by atomic mass is 9.99. The van der Waals surface area contributed by atoms with Crippen LogP contribution in [0, 0.1) is 0 Å². The summed E-state index contributed by atoms with van der Waals surface area (Å²) in [6, 6.07) is 8.87. The monoisotopic (exact) mass is 241 g/mol. The highest BCUT2D eigenvalue weighted by Gasteiger charge is 2.14. The number of H-pyrrole nitrogens is 1. The van der Waals surface area contributed by atoms with Gasteiger partial charge in [-0.05, 0) is 35.7 Å². The van der Waals surface area contributed by atoms with Gasteiger partial charge in [-0.25, -0.2) is 0 Å². The zero-order chi connectivity index (χ0) is 12.9. The van der Waals surface area contributed by atoms with Gasteiger partial charge in [0.2, 0.25) is 0 Å². The van der Waals surface area contributed by atoms with Gasteiger partial charge in [0.15, 0.2) is 0 Å². The topological polar surface area (TPSA) is 56.2 Å². The van der Waals surface area contributed by atoms with Crippen LogP contribution >= 0.6 is 0 Å². The molecule has 3 N–H and O–H groups in total. The maximum absolute atomic E-state index is 9.98. The number of phenolic OH excluding ortho intramolecular Hbond substituents is 2. The Hall–Kier alpha value is -2.16. The van der Waals surface area contributed by atoms with Gasteiger partial charge in [-0.3, -0.25) is 0 Å². The standard InChI is InChI=1S/C15H15NO2/c1-8(2)10-6-9(17)7-11-14-12(16-15(10)11)4-3-5-13(14)18/h3-8,16-18H,1-2H3. The summed E-state index contributed by atoms with van der Waals surface area (Å²) in [6.07, 6.45) is 0. The van der Waals surface area contributed by atoms with Crippen LogP contribution in [0.25, 0.3) is 21.8 Å². The van der Waals surface area contributed by atoms with E-state index in [0.29, 0.717) is 5.92 Å². The molecular weight excluding hydrogens is 226 g/mol. The van der Waals surface area contributed by atoms with Crippen molar-refractivity contribution in [2.45, 2.75) is 19.8 Å². The van der Waals surface area contributed by atoms with Gasteiger partial charge in [-0.15, -0.1) is 0 Å². The molecule has 0 spiro atoms. The first-order chi connectivity index (χ1) is 8.58. The summed E-state index contributed by atoms with van der Waals surface area (Å²) >= 11 is 0. The van der Waals surface area contributed by atoms with Gasteiger partial charge < -0.3 is 15.2 Å². The molecule has 0 amide bonds. The summed E-state index contributed by atoms with van der Waals surface area (Å²) < 4.78 is 0. The molecule has 3 heteroatoms. The number of fused-ring (bicyclic) bond motifs is 3. The van der Waals surface area contributed by atoms with Crippen molar-refractivity contribution < 1.29 is 10.2 Å². The number of benzene rings is 2. The third kappa shape index (κ3) is 1.44. The fourth-order valence-electron chi connectivity index (χ4n) is 2.50. The molecule has 2 aromatic carbocycles. The third-order valence-electron chi connectivity index (χ3n) is 3.35. The maximum atomic E-state index is 9.98. The van der Waals surface area contributed by atoms with E-state index in [1.807, 2.05) is 12.1 Å². The Labute approximate surface area is 105 Å². The second-order valence-electron chi connectivity index (χ2n) is 4.94. The first-order valence-electron chi connectivity index (χ1n) is 6.04. The molecule has 18 heavy (non-hydrogen) atoms. The molecule has 1 aromatic heterocycles. The predicted molar refractivity (Wildman–Crippen MR) is 73.2 cm³/mol. The van der Waals surface area contributed by atoms with Crippen LogP contribution in [-0.2, 0) is 0 Å². The van der Waals surface area contributed by atoms with Crippen molar-refractivity contribution in [1.29, 1.82) is 0 Å². The Morgan fingerprint density at radius 2 is 1.89 bits per heavy atom. The Bertz CT molecular complexity index is 741. The molecular formula is C15H15NO2. The van der Waals surface area contributed by atoms with E-state index in [9.17, 15) is 10.2 Å². The van der Waals surface area contributed by atoms with Gasteiger partial charge in [0, 0.05) is 10.8 Å². The fraction of sp³-hybridized carbons (Fsp3) is 0.200. The fourth-order valence-corrected chi connectivity index (χ4v) is 2.50. The molecule has 1 heterocycles. The van der Waals surface area contributed by atoms with Crippen LogP contribution < -0.4 is 0 Å². The van der Waals surface area contributed by atoms with Crippen molar-refractivity contribution in [3.63, 3.8) is 0 Å². The minimum atomic E-state index is 0.232. The first-order valence-corrected chi connectivity index (χ1v) is 6.04. The highest BCUT2D eigenvalue weighted by atomic mass is 16.3. The second kappa shape index (κ2) is 3.67. The molecule has 92 valence electrons. The van der Waals surface area contributed by atoms with E-state index in [4.69, 9.17) is 0 Å². The van der Waals surface area contributed by atoms with Gasteiger partial charge in [0.05, 0.1) is 11.0 Å². The van der Waals surface area contributed by atoms with Crippen molar-refractivity contribution in [2.75, 3.05) is 0 Å². The highest BCUT2D eigenvalue weighted by Crippen LogP contribution is 2.37. The van der Waals surface area contributed by atoms with Crippen LogP contribution in [0.1, 0.15) is 25.3 Å². The van der Waals surface area contributed by atoms with E-state index in [1.165, 1.54) is 0 Å². The lowest BCUT2D eigenvalue weighted by Crippen LogP contribution is -1.88. The van der Waals surface area contributed by atoms with Gasteiger partial charge >= 0.3 is 0 Å². The van der Waals surface area contributed by atoms with Crippen molar-refractivity contribution in [1.82, 2.24) is 4.98 Å². The number of rotatable bonds is 1. The molecule has 0 saturated heterocycles. The molecule has 0 aliphatic rings. The number of nitrogens with one attached hydrogen (secondary N) is 1. The summed E-state index contributed by atoms with van der Waals surface area (Å²) in [7, 11) is 0. The van der Waals surface area contributed by atoms with Crippen molar-refractivity contribution in [3.05, 3.63) is 35.9 Å². The number of aromatic nitrogens is 1. The molecule has 0 aliphatic carbocycles. The van der Waals surface area contributed by atoms with Gasteiger partial charge in [0.25, 0.3) is 0 Å². The SMILES string of the molecule is CC(C)c1cc(O)cc2c1[nH]c1cccc(O)c12. The molecule has 0 aliphatic heterocycles. The predicted octanol–water partition coefficient (Wildman–Crippen LogP) is 3.86. The van der Waals surface area contributed by atoms with Crippen LogP contribution in [0.5, 0.6) is 11.5 Å². The summed E-state index contributed by atoms with van der Waals surface area (Å²) in [4.78, 5) is 3.32. The van der Waals surface area contributed by atoms with Crippen LogP contribution in [0.4, 0.5) is 0 Å². The highest BCUT2D eigenvalue weighted by molar-refractivity contribution is 6.11. The smallest absolute Gasteiger partial charge is 0.125 e. The zero-order valence-electron chi connectivity index (χ0n) is 10.4. The van der Waals surface area contributed by atoms with Crippen molar-refractivity contribution in [3.8, 4) is 11.5 Å². The number of aromatic hydroxyl groups is 2. The summed E-state index contributed by atoms with van der Waals surface area (Å²) in [5.41, 5.74) is 2.93. The second-order valence-corrected chi connectivity index (χ2v) is 4.94. The lowest BCUT2D eigenvalue weighted by molar-refractivity contribution is 0.475. The molecule has 0 atom stereocenters. The third-order valence-corrected chi connectivity index (χ3v) is 3.35. The number of aromatic amines is 1. The molecule has 0 fully saturated rings. The van der Waals surface area contributed by atoms with E-state index >= 15 is 0 Å². The molecule has 0 saturated carbocycles. The molecule has 3 nitrogen and oxygen atoms in total. The Kier molecular flexibility index (Phi) is 2.23. The summed E-state index contributed by atoms with van der Waals surface area (Å²) in [5.74, 6) is 0.768. The average molecular weight is 241 g/mol. The molecule has 0 radical (unpaired) electrons. The summed E-state index contributed by atoms with van der Waals surface area (Å²) in [6.45, 7) is 4.17. The van der Waals surface area contributed by atoms with Crippen LogP contribution in [0.2, 0.25) is 0 Å². The number of hydrogen-bond donors (Lipinski definition) is 3. The largest absolute Gasteiger partial charge is 0.508 e. The maximum Gasteiger partial charge on any atom is 0.125 e. The van der Waals surface area contributed by atoms with Crippen molar-refractivity contribution in [2.24, 2.45) is 0 Å². The van der Waals surface area contributed by atoms with Crippen LogP contribution in [-0.4, -0.2) is 15.2 Å². The zero-order valence-corrected chi connectivity index (χ0v) is 10.4. The molecule has 3 rings (SSSR count). The Balaban J connectivity index is 2.54. The van der Waals surface area contributed by atoms with Gasteiger partial charge in [-0.1, -0.05) is 19.9 Å². The van der Waals surface area contributed by atoms with Crippen LogP contribution in [0.3, 0.4) is 0 Å². The minimum absolute atomic E-state index is 0.232. The van der Waals surface area contributed by atoms with Gasteiger partial charge in [0.1, 0.15) is 11.5 Å². The average Bonchev–Trinajstić information content (AvgIpc) is 2.67. The number of phenols is 2. The quantitative estimate of drug-likeness (QED) is 0.606. The van der Waals surface area contributed by atoms with Gasteiger partial charge in [-0.2, -0.15) is 0 Å². The van der Waals surface area contributed by atoms with E-state index in [2.05, 4.69) is 18.8 Å². The molecule has 3 aromatic rings. The number of hydrogen-bond acceptors (Lipinski definition) is 2. The van der Waals surface area contributed by atoms with E-state index < -0.39 is 0 Å². The normalized spacial score (nSPS) is 11.7. The minimum Gasteiger partial charge on any atom is -0.508 e. The van der Waals surface area contributed by atoms with E-state index in [0.717, 1.165) is 27.4 Å². The Morgan fingerprint density at radius 1 is 1.11 bits per heavy atom. The lowest BCUT2D eigenvalue weighted by Gasteiger charge is -2.07. The van der Waals surface area contributed by atoms with Crippen LogP contribution in [0.15, 0.2) is 30.3 Å². The molecule has 0 bridgehead atoms. The van der Waals surface area contributed by atoms with E-state index in [1.54, 1.807) is 18.2 Å². The van der Waals surface area contributed by atoms with E-state index in [-0.39, 0.29) is 11.5 Å². The molecule has 0 unspecified atom stereocenters. The van der Waals surface area contributed by atoms with Crippen molar-refractivity contribution >= 4 is 21.8 Å². The Morgan fingerprint density at radius 3 is 2.61 bits per heavy atom. The first kappa shape index (κ1) is 11.0.